The van der Waals surface area contributed by atoms with Crippen LogP contribution in [0.25, 0.3) is 11.5 Å². The second-order valence-electron chi connectivity index (χ2n) is 5.75. The molecule has 1 amide bonds. The Balaban J connectivity index is 2.23. The summed E-state index contributed by atoms with van der Waals surface area (Å²) in [6, 6.07) is 5.42. The summed E-state index contributed by atoms with van der Waals surface area (Å²) in [5.74, 6) is 0.781. The van der Waals surface area contributed by atoms with Crippen LogP contribution in [0.5, 0.6) is 0 Å². The number of carbonyl (C=O) groups is 1. The van der Waals surface area contributed by atoms with Crippen molar-refractivity contribution < 1.29 is 9.32 Å². The first kappa shape index (κ1) is 17.4. The number of likely N-dealkylation sites (N-methyl/N-ethyl adjacent to an activating group) is 1. The quantitative estimate of drug-likeness (QED) is 0.847. The highest BCUT2D eigenvalue weighted by molar-refractivity contribution is 6.33. The molecule has 1 aromatic carbocycles. The molecule has 1 aromatic heterocycles. The fraction of sp³-hybridized carbons (Fsp3) is 0.438. The summed E-state index contributed by atoms with van der Waals surface area (Å²) in [7, 11) is 1.88. The molecule has 2 aromatic rings. The Morgan fingerprint density at radius 3 is 2.74 bits per heavy atom. The van der Waals surface area contributed by atoms with Crippen molar-refractivity contribution in [3.63, 3.8) is 0 Å². The molecule has 1 atom stereocenters. The van der Waals surface area contributed by atoms with Crippen molar-refractivity contribution in [1.29, 1.82) is 0 Å². The molecule has 23 heavy (non-hydrogen) atoms. The van der Waals surface area contributed by atoms with Gasteiger partial charge in [-0.15, -0.1) is 0 Å². The normalized spacial score (nSPS) is 12.4. The predicted octanol–water partition coefficient (Wildman–Crippen LogP) is 3.13. The van der Waals surface area contributed by atoms with E-state index in [2.05, 4.69) is 20.8 Å². The van der Waals surface area contributed by atoms with Gasteiger partial charge in [-0.2, -0.15) is 4.98 Å². The molecule has 0 fully saturated rings. The van der Waals surface area contributed by atoms with Gasteiger partial charge in [-0.3, -0.25) is 4.79 Å². The van der Waals surface area contributed by atoms with E-state index in [0.29, 0.717) is 34.4 Å². The molecular weight excluding hydrogens is 316 g/mol. The van der Waals surface area contributed by atoms with Crippen LogP contribution in [-0.4, -0.2) is 29.1 Å². The number of anilines is 1. The van der Waals surface area contributed by atoms with E-state index >= 15 is 0 Å². The molecule has 1 unspecified atom stereocenters. The van der Waals surface area contributed by atoms with Crippen molar-refractivity contribution in [2.75, 3.05) is 12.4 Å². The third-order valence-electron chi connectivity index (χ3n) is 3.44. The molecule has 0 spiro atoms. The number of nitrogens with zero attached hydrogens (tertiary/aromatic N) is 2. The van der Waals surface area contributed by atoms with Crippen LogP contribution in [0.1, 0.15) is 26.6 Å². The third-order valence-corrected chi connectivity index (χ3v) is 3.77. The van der Waals surface area contributed by atoms with Gasteiger partial charge in [0.2, 0.25) is 5.91 Å². The predicted molar refractivity (Wildman–Crippen MR) is 90.4 cm³/mol. The van der Waals surface area contributed by atoms with E-state index in [9.17, 15) is 4.79 Å². The minimum Gasteiger partial charge on any atom is -0.334 e. The highest BCUT2D eigenvalue weighted by atomic mass is 35.5. The van der Waals surface area contributed by atoms with E-state index in [1.54, 1.807) is 18.2 Å². The number of halogens is 1. The van der Waals surface area contributed by atoms with E-state index < -0.39 is 0 Å². The zero-order chi connectivity index (χ0) is 17.0. The van der Waals surface area contributed by atoms with Crippen molar-refractivity contribution in [1.82, 2.24) is 15.5 Å². The van der Waals surface area contributed by atoms with E-state index in [4.69, 9.17) is 16.1 Å². The molecule has 0 radical (unpaired) electrons. The van der Waals surface area contributed by atoms with E-state index in [1.807, 2.05) is 27.8 Å². The Morgan fingerprint density at radius 1 is 1.35 bits per heavy atom. The lowest BCUT2D eigenvalue weighted by atomic mass is 10.1. The van der Waals surface area contributed by atoms with Gasteiger partial charge in [0.15, 0.2) is 5.82 Å². The maximum atomic E-state index is 11.8. The maximum absolute atomic E-state index is 11.8. The largest absolute Gasteiger partial charge is 0.334 e. The van der Waals surface area contributed by atoms with Crippen molar-refractivity contribution in [2.45, 2.75) is 33.2 Å². The minimum absolute atomic E-state index is 0.0627. The summed E-state index contributed by atoms with van der Waals surface area (Å²) in [6.45, 7) is 5.70. The zero-order valence-electron chi connectivity index (χ0n) is 13.7. The van der Waals surface area contributed by atoms with Crippen molar-refractivity contribution in [3.8, 4) is 11.5 Å². The van der Waals surface area contributed by atoms with Gasteiger partial charge in [-0.1, -0.05) is 30.6 Å². The van der Waals surface area contributed by atoms with Crippen molar-refractivity contribution >= 4 is 23.2 Å². The molecule has 0 aliphatic carbocycles. The average molecular weight is 337 g/mol. The lowest BCUT2D eigenvalue weighted by molar-refractivity contribution is -0.118. The van der Waals surface area contributed by atoms with E-state index in [1.165, 1.54) is 0 Å². The molecule has 1 heterocycles. The number of nitrogens with one attached hydrogen (secondary N) is 2. The Hall–Kier alpha value is -1.92. The SMILES string of the molecule is CNC(C)Cc1noc(-c2cc(NC(=O)C(C)C)ccc2Cl)n1. The summed E-state index contributed by atoms with van der Waals surface area (Å²) in [4.78, 5) is 16.2. The Bertz CT molecular complexity index is 684. The highest BCUT2D eigenvalue weighted by Crippen LogP contribution is 2.29. The fourth-order valence-corrected chi connectivity index (χ4v) is 2.07. The number of benzene rings is 1. The third kappa shape index (κ3) is 4.53. The number of amides is 1. The van der Waals surface area contributed by atoms with Crippen molar-refractivity contribution in [3.05, 3.63) is 29.0 Å². The first-order chi connectivity index (χ1) is 10.9. The second kappa shape index (κ2) is 7.57. The van der Waals surface area contributed by atoms with Crippen LogP contribution in [0, 0.1) is 5.92 Å². The van der Waals surface area contributed by atoms with Gasteiger partial charge in [0.25, 0.3) is 5.89 Å². The molecule has 7 heteroatoms. The number of aromatic nitrogens is 2. The van der Waals surface area contributed by atoms with Crippen LogP contribution in [0.3, 0.4) is 0 Å². The maximum Gasteiger partial charge on any atom is 0.259 e. The number of carbonyl (C=O) groups excluding carboxylic acids is 1. The van der Waals surface area contributed by atoms with E-state index in [0.717, 1.165) is 0 Å². The molecule has 0 aliphatic heterocycles. The average Bonchev–Trinajstić information content (AvgIpc) is 2.97. The summed E-state index contributed by atoms with van der Waals surface area (Å²) >= 11 is 6.22. The Kier molecular flexibility index (Phi) is 5.74. The second-order valence-corrected chi connectivity index (χ2v) is 6.16. The van der Waals surface area contributed by atoms with E-state index in [-0.39, 0.29) is 17.9 Å². The molecule has 2 N–H and O–H groups in total. The smallest absolute Gasteiger partial charge is 0.259 e. The molecular formula is C16H21ClN4O2. The van der Waals surface area contributed by atoms with Gasteiger partial charge in [-0.25, -0.2) is 0 Å². The monoisotopic (exact) mass is 336 g/mol. The van der Waals surface area contributed by atoms with Gasteiger partial charge in [0.05, 0.1) is 10.6 Å². The standard InChI is InChI=1S/C16H21ClN4O2/c1-9(2)15(22)19-11-5-6-13(17)12(8-11)16-20-14(21-23-16)7-10(3)18-4/h5-6,8-10,18H,7H2,1-4H3,(H,19,22). The molecule has 0 saturated heterocycles. The van der Waals surface area contributed by atoms with Crippen LogP contribution >= 0.6 is 11.6 Å². The molecule has 6 nitrogen and oxygen atoms in total. The highest BCUT2D eigenvalue weighted by Gasteiger charge is 2.15. The van der Waals surface area contributed by atoms with Gasteiger partial charge in [0, 0.05) is 24.1 Å². The minimum atomic E-state index is -0.104. The number of hydrogen-bond acceptors (Lipinski definition) is 5. The van der Waals surface area contributed by atoms with Gasteiger partial charge in [-0.05, 0) is 32.2 Å². The molecule has 0 aliphatic rings. The number of hydrogen-bond donors (Lipinski definition) is 2. The Labute approximate surface area is 140 Å². The van der Waals surface area contributed by atoms with Crippen LogP contribution in [0.4, 0.5) is 5.69 Å². The van der Waals surface area contributed by atoms with Crippen LogP contribution < -0.4 is 10.6 Å². The van der Waals surface area contributed by atoms with Gasteiger partial charge >= 0.3 is 0 Å². The van der Waals surface area contributed by atoms with Crippen LogP contribution in [0.15, 0.2) is 22.7 Å². The molecule has 0 saturated carbocycles. The van der Waals surface area contributed by atoms with Crippen LogP contribution in [0.2, 0.25) is 5.02 Å². The summed E-state index contributed by atoms with van der Waals surface area (Å²) in [5.41, 5.74) is 1.25. The van der Waals surface area contributed by atoms with Crippen molar-refractivity contribution in [2.24, 2.45) is 5.92 Å². The summed E-state index contributed by atoms with van der Waals surface area (Å²) in [6.07, 6.45) is 0.654. The lowest BCUT2D eigenvalue weighted by Crippen LogP contribution is -2.24. The summed E-state index contributed by atoms with van der Waals surface area (Å²) < 4.78 is 5.30. The summed E-state index contributed by atoms with van der Waals surface area (Å²) in [5, 5.41) is 10.4. The molecule has 0 bridgehead atoms. The fourth-order valence-electron chi connectivity index (χ4n) is 1.88. The number of rotatable bonds is 6. The van der Waals surface area contributed by atoms with Gasteiger partial charge < -0.3 is 15.2 Å². The lowest BCUT2D eigenvalue weighted by Gasteiger charge is -2.09. The van der Waals surface area contributed by atoms with Crippen LogP contribution in [-0.2, 0) is 11.2 Å². The molecule has 124 valence electrons. The topological polar surface area (TPSA) is 80.0 Å². The first-order valence-electron chi connectivity index (χ1n) is 7.51. The first-order valence-corrected chi connectivity index (χ1v) is 7.89. The zero-order valence-corrected chi connectivity index (χ0v) is 14.4. The van der Waals surface area contributed by atoms with Gasteiger partial charge in [0.1, 0.15) is 0 Å². The molecule has 2 rings (SSSR count). The Morgan fingerprint density at radius 2 is 2.09 bits per heavy atom.